The molecule has 2 rings (SSSR count). The van der Waals surface area contributed by atoms with Gasteiger partial charge in [0.2, 0.25) is 5.79 Å². The smallest absolute Gasteiger partial charge is 0.224 e. The molecule has 0 saturated carbocycles. The van der Waals surface area contributed by atoms with Crippen molar-refractivity contribution >= 4 is 34.8 Å². The van der Waals surface area contributed by atoms with E-state index >= 15 is 0 Å². The Hall–Kier alpha value is 0.550. The normalized spacial score (nSPS) is 51.1. The molecule has 0 amide bonds. The van der Waals surface area contributed by atoms with E-state index in [4.69, 9.17) is 49.0 Å². The zero-order valence-electron chi connectivity index (χ0n) is 11.8. The lowest BCUT2D eigenvalue weighted by atomic mass is 10.0. The second kappa shape index (κ2) is 7.84. The van der Waals surface area contributed by atoms with Gasteiger partial charge in [-0.25, -0.2) is 0 Å². The lowest BCUT2D eigenvalue weighted by molar-refractivity contribution is -0.368. The third kappa shape index (κ3) is 3.58. The van der Waals surface area contributed by atoms with E-state index < -0.39 is 60.7 Å². The van der Waals surface area contributed by atoms with Crippen molar-refractivity contribution in [1.82, 2.24) is 0 Å². The van der Waals surface area contributed by atoms with Gasteiger partial charge < -0.3 is 39.7 Å². The van der Waals surface area contributed by atoms with Crippen LogP contribution < -0.4 is 0 Å². The van der Waals surface area contributed by atoms with Crippen molar-refractivity contribution in [3.8, 4) is 0 Å². The zero-order chi connectivity index (χ0) is 17.4. The number of hydrogen-bond donors (Lipinski definition) is 5. The molecule has 23 heavy (non-hydrogen) atoms. The predicted octanol–water partition coefficient (Wildman–Crippen LogP) is -1.66. The molecule has 2 aliphatic heterocycles. The molecule has 11 heteroatoms. The van der Waals surface area contributed by atoms with Crippen molar-refractivity contribution < 1.29 is 39.7 Å². The quantitative estimate of drug-likeness (QED) is 0.349. The minimum Gasteiger partial charge on any atom is -0.391 e. The molecule has 2 fully saturated rings. The van der Waals surface area contributed by atoms with E-state index in [1.807, 2.05) is 0 Å². The van der Waals surface area contributed by atoms with E-state index in [9.17, 15) is 25.5 Å². The standard InChI is InChI=1S/C12H19Cl3O8/c13-1-4-6(15)8(18)9(19)11(21-4)23-12(3-16)10(20)7(17)5(2-14)22-12/h4-11,16-20H,1-3H2/t4-,5-,6+,7-,8+,9-,10+,11+,12-/m1/s1. The van der Waals surface area contributed by atoms with E-state index in [-0.39, 0.29) is 11.8 Å². The Morgan fingerprint density at radius 1 is 0.957 bits per heavy atom. The second-order valence-electron chi connectivity index (χ2n) is 5.46. The van der Waals surface area contributed by atoms with E-state index in [0.29, 0.717) is 0 Å². The van der Waals surface area contributed by atoms with Gasteiger partial charge in [0.25, 0.3) is 0 Å². The van der Waals surface area contributed by atoms with E-state index in [1.165, 1.54) is 0 Å². The first-order chi connectivity index (χ1) is 10.8. The second-order valence-corrected chi connectivity index (χ2v) is 6.58. The molecule has 0 bridgehead atoms. The molecule has 136 valence electrons. The molecule has 0 aliphatic carbocycles. The lowest BCUT2D eigenvalue weighted by Gasteiger charge is -2.43. The monoisotopic (exact) mass is 396 g/mol. The maximum absolute atomic E-state index is 10.1. The van der Waals surface area contributed by atoms with Gasteiger partial charge in [0.15, 0.2) is 6.29 Å². The molecule has 0 radical (unpaired) electrons. The summed E-state index contributed by atoms with van der Waals surface area (Å²) >= 11 is 17.2. The van der Waals surface area contributed by atoms with Crippen LogP contribution in [0.4, 0.5) is 0 Å². The summed E-state index contributed by atoms with van der Waals surface area (Å²) in [5.41, 5.74) is 0. The highest BCUT2D eigenvalue weighted by Crippen LogP contribution is 2.37. The van der Waals surface area contributed by atoms with E-state index in [2.05, 4.69) is 0 Å². The number of rotatable bonds is 5. The van der Waals surface area contributed by atoms with E-state index in [1.54, 1.807) is 0 Å². The molecule has 0 aromatic carbocycles. The Morgan fingerprint density at radius 3 is 2.04 bits per heavy atom. The first-order valence-electron chi connectivity index (χ1n) is 6.91. The van der Waals surface area contributed by atoms with Crippen LogP contribution in [-0.2, 0) is 14.2 Å². The van der Waals surface area contributed by atoms with Gasteiger partial charge in [-0.3, -0.25) is 0 Å². The summed E-state index contributed by atoms with van der Waals surface area (Å²) in [5.74, 6) is -2.31. The van der Waals surface area contributed by atoms with Crippen LogP contribution >= 0.6 is 34.8 Å². The third-order valence-electron chi connectivity index (χ3n) is 3.97. The molecule has 2 saturated heterocycles. The molecule has 2 heterocycles. The van der Waals surface area contributed by atoms with E-state index in [0.717, 1.165) is 0 Å². The summed E-state index contributed by atoms with van der Waals surface area (Å²) in [6.45, 7) is -0.850. The summed E-state index contributed by atoms with van der Waals surface area (Å²) < 4.78 is 16.0. The maximum Gasteiger partial charge on any atom is 0.224 e. The van der Waals surface area contributed by atoms with Crippen LogP contribution in [0.25, 0.3) is 0 Å². The van der Waals surface area contributed by atoms with Crippen molar-refractivity contribution in [2.24, 2.45) is 0 Å². The average Bonchev–Trinajstić information content (AvgIpc) is 2.80. The molecular weight excluding hydrogens is 378 g/mol. The number of aliphatic hydroxyl groups excluding tert-OH is 5. The van der Waals surface area contributed by atoms with Gasteiger partial charge in [0, 0.05) is 0 Å². The van der Waals surface area contributed by atoms with Crippen molar-refractivity contribution in [3.05, 3.63) is 0 Å². The van der Waals surface area contributed by atoms with Crippen molar-refractivity contribution in [1.29, 1.82) is 0 Å². The molecule has 5 N–H and O–H groups in total. The van der Waals surface area contributed by atoms with Gasteiger partial charge >= 0.3 is 0 Å². The SMILES string of the molecule is OC[C@]1(O[C@@H]2O[C@H](CCl)[C@H](Cl)[C@H](O)[C@H]2O)O[C@H](CCl)[C@@H](O)[C@@H]1O. The number of ether oxygens (including phenoxy) is 3. The first kappa shape index (κ1) is 19.9. The molecule has 0 aromatic heterocycles. The van der Waals surface area contributed by atoms with Crippen molar-refractivity contribution in [2.45, 2.75) is 54.1 Å². The average molecular weight is 398 g/mol. The fourth-order valence-electron chi connectivity index (χ4n) is 2.56. The lowest BCUT2D eigenvalue weighted by Crippen LogP contribution is -2.61. The summed E-state index contributed by atoms with van der Waals surface area (Å²) in [5, 5.41) is 48.5. The predicted molar refractivity (Wildman–Crippen MR) is 79.5 cm³/mol. The first-order valence-corrected chi connectivity index (χ1v) is 8.42. The van der Waals surface area contributed by atoms with Crippen molar-refractivity contribution in [2.75, 3.05) is 18.4 Å². The van der Waals surface area contributed by atoms with Gasteiger partial charge in [-0.1, -0.05) is 0 Å². The third-order valence-corrected chi connectivity index (χ3v) is 5.11. The molecule has 0 spiro atoms. The summed E-state index contributed by atoms with van der Waals surface area (Å²) in [6, 6.07) is 0. The van der Waals surface area contributed by atoms with Crippen LogP contribution in [-0.4, -0.2) is 98.0 Å². The highest BCUT2D eigenvalue weighted by Gasteiger charge is 2.58. The van der Waals surface area contributed by atoms with Crippen LogP contribution in [0.5, 0.6) is 0 Å². The minimum absolute atomic E-state index is 0.0831. The van der Waals surface area contributed by atoms with Gasteiger partial charge in [0.1, 0.15) is 37.1 Å². The van der Waals surface area contributed by atoms with Gasteiger partial charge in [-0.05, 0) is 0 Å². The highest BCUT2D eigenvalue weighted by atomic mass is 35.5. The molecule has 0 aromatic rings. The van der Waals surface area contributed by atoms with Crippen LogP contribution in [0.2, 0.25) is 0 Å². The largest absolute Gasteiger partial charge is 0.391 e. The van der Waals surface area contributed by atoms with Crippen LogP contribution in [0.1, 0.15) is 0 Å². The van der Waals surface area contributed by atoms with Gasteiger partial charge in [-0.15, -0.1) is 34.8 Å². The van der Waals surface area contributed by atoms with Crippen LogP contribution in [0.15, 0.2) is 0 Å². The summed E-state index contributed by atoms with van der Waals surface area (Å²) in [6.07, 6.45) is -9.38. The summed E-state index contributed by atoms with van der Waals surface area (Å²) in [4.78, 5) is 0. The minimum atomic E-state index is -2.07. The molecular formula is C12H19Cl3O8. The number of halogens is 3. The van der Waals surface area contributed by atoms with Gasteiger partial charge in [0.05, 0.1) is 23.2 Å². The Kier molecular flexibility index (Phi) is 6.77. The number of aliphatic hydroxyl groups is 5. The Balaban J connectivity index is 2.18. The highest BCUT2D eigenvalue weighted by molar-refractivity contribution is 6.23. The molecule has 8 nitrogen and oxygen atoms in total. The molecule has 0 unspecified atom stereocenters. The fourth-order valence-corrected chi connectivity index (χ4v) is 3.46. The molecule has 9 atom stereocenters. The Labute approximate surface area is 147 Å². The van der Waals surface area contributed by atoms with Gasteiger partial charge in [-0.2, -0.15) is 0 Å². The summed E-state index contributed by atoms with van der Waals surface area (Å²) in [7, 11) is 0. The molecule has 2 aliphatic rings. The Bertz CT molecular complexity index is 403. The zero-order valence-corrected chi connectivity index (χ0v) is 14.1. The topological polar surface area (TPSA) is 129 Å². The Morgan fingerprint density at radius 2 is 1.57 bits per heavy atom. The maximum atomic E-state index is 10.1. The van der Waals surface area contributed by atoms with Crippen LogP contribution in [0.3, 0.4) is 0 Å². The van der Waals surface area contributed by atoms with Crippen LogP contribution in [0, 0.1) is 0 Å². The number of alkyl halides is 3. The fraction of sp³-hybridized carbons (Fsp3) is 1.00. The van der Waals surface area contributed by atoms with Crippen molar-refractivity contribution in [3.63, 3.8) is 0 Å². The number of hydrogen-bond acceptors (Lipinski definition) is 8.